The highest BCUT2D eigenvalue weighted by molar-refractivity contribution is 9.10. The summed E-state index contributed by atoms with van der Waals surface area (Å²) in [5.41, 5.74) is 0.530. The molecule has 7 heteroatoms. The predicted molar refractivity (Wildman–Crippen MR) is 83.2 cm³/mol. The first-order valence-electron chi connectivity index (χ1n) is 6.16. The number of nitrogens with zero attached hydrogens (tertiary/aromatic N) is 2. The minimum Gasteiger partial charge on any atom is -0.380 e. The molecule has 108 valence electrons. The second-order valence-electron chi connectivity index (χ2n) is 4.83. The van der Waals surface area contributed by atoms with Gasteiger partial charge in [0.25, 0.3) is 5.56 Å². The van der Waals surface area contributed by atoms with Gasteiger partial charge in [-0.25, -0.2) is 4.68 Å². The van der Waals surface area contributed by atoms with Gasteiger partial charge in [-0.05, 0) is 43.1 Å². The Morgan fingerprint density at radius 2 is 2.11 bits per heavy atom. The van der Waals surface area contributed by atoms with Crippen molar-refractivity contribution in [2.45, 2.75) is 39.3 Å². The molecule has 0 saturated heterocycles. The van der Waals surface area contributed by atoms with Crippen molar-refractivity contribution >= 4 is 32.4 Å². The van der Waals surface area contributed by atoms with Crippen LogP contribution in [0.2, 0.25) is 0 Å². The van der Waals surface area contributed by atoms with Gasteiger partial charge in [0.05, 0.1) is 17.9 Å². The fourth-order valence-electron chi connectivity index (χ4n) is 1.59. The summed E-state index contributed by atoms with van der Waals surface area (Å²) >= 11 is 3.31. The lowest BCUT2D eigenvalue weighted by Crippen LogP contribution is -2.27. The first kappa shape index (κ1) is 16.4. The van der Waals surface area contributed by atoms with Crippen molar-refractivity contribution in [2.24, 2.45) is 0 Å². The van der Waals surface area contributed by atoms with Crippen LogP contribution in [-0.4, -0.2) is 32.0 Å². The third kappa shape index (κ3) is 4.72. The quantitative estimate of drug-likeness (QED) is 0.854. The van der Waals surface area contributed by atoms with Crippen LogP contribution in [0.1, 0.15) is 33.2 Å². The third-order valence-corrected chi connectivity index (χ3v) is 4.25. The molecule has 0 aliphatic rings. The molecule has 1 aromatic rings. The highest BCUT2D eigenvalue weighted by Crippen LogP contribution is 2.18. The topological polar surface area (TPSA) is 64.0 Å². The zero-order chi connectivity index (χ0) is 14.6. The summed E-state index contributed by atoms with van der Waals surface area (Å²) in [5.74, 6) is 0.641. The molecule has 0 bridgehead atoms. The van der Waals surface area contributed by atoms with E-state index in [0.717, 1.165) is 6.42 Å². The maximum Gasteiger partial charge on any atom is 0.283 e. The molecule has 0 aliphatic carbocycles. The van der Waals surface area contributed by atoms with Crippen molar-refractivity contribution in [3.05, 3.63) is 21.0 Å². The highest BCUT2D eigenvalue weighted by atomic mass is 79.9. The molecule has 0 fully saturated rings. The molecule has 2 unspecified atom stereocenters. The summed E-state index contributed by atoms with van der Waals surface area (Å²) in [7, 11) is -0.797. The van der Waals surface area contributed by atoms with E-state index < -0.39 is 10.8 Å². The van der Waals surface area contributed by atoms with E-state index in [1.807, 2.05) is 20.8 Å². The second-order valence-corrected chi connectivity index (χ2v) is 7.17. The first-order valence-corrected chi connectivity index (χ1v) is 8.68. The largest absolute Gasteiger partial charge is 0.380 e. The van der Waals surface area contributed by atoms with Gasteiger partial charge in [0.1, 0.15) is 4.47 Å². The molecule has 2 atom stereocenters. The van der Waals surface area contributed by atoms with Crippen LogP contribution in [0.4, 0.5) is 5.69 Å². The third-order valence-electron chi connectivity index (χ3n) is 2.67. The van der Waals surface area contributed by atoms with Crippen LogP contribution in [0.5, 0.6) is 0 Å². The molecule has 0 spiro atoms. The van der Waals surface area contributed by atoms with Crippen LogP contribution in [-0.2, 0) is 10.8 Å². The molecule has 0 saturated carbocycles. The Bertz CT molecular complexity index is 516. The van der Waals surface area contributed by atoms with Gasteiger partial charge >= 0.3 is 0 Å². The van der Waals surface area contributed by atoms with Gasteiger partial charge in [-0.3, -0.25) is 9.00 Å². The first-order chi connectivity index (χ1) is 8.82. The molecule has 0 aliphatic heterocycles. The van der Waals surface area contributed by atoms with Crippen molar-refractivity contribution in [2.75, 3.05) is 17.3 Å². The van der Waals surface area contributed by atoms with Crippen LogP contribution in [0.25, 0.3) is 0 Å². The Balaban J connectivity index is 2.83. The number of rotatable bonds is 6. The lowest BCUT2D eigenvalue weighted by molar-refractivity contribution is 0.500. The molecule has 0 amide bonds. The summed E-state index contributed by atoms with van der Waals surface area (Å²) in [5, 5.41) is 7.35. The number of aromatic nitrogens is 2. The van der Waals surface area contributed by atoms with E-state index in [4.69, 9.17) is 0 Å². The molecule has 1 rings (SSSR count). The van der Waals surface area contributed by atoms with E-state index >= 15 is 0 Å². The zero-order valence-electron chi connectivity index (χ0n) is 11.6. The molecule has 5 nitrogen and oxygen atoms in total. The Hall–Kier alpha value is -0.690. The minimum absolute atomic E-state index is 0.0257. The van der Waals surface area contributed by atoms with Crippen LogP contribution in [0, 0.1) is 0 Å². The zero-order valence-corrected chi connectivity index (χ0v) is 14.0. The summed E-state index contributed by atoms with van der Waals surface area (Å²) in [6.07, 6.45) is 4.11. The van der Waals surface area contributed by atoms with Crippen molar-refractivity contribution in [3.8, 4) is 0 Å². The summed E-state index contributed by atoms with van der Waals surface area (Å²) in [4.78, 5) is 12.0. The number of nitrogens with one attached hydrogen (secondary N) is 1. The summed E-state index contributed by atoms with van der Waals surface area (Å²) < 4.78 is 13.0. The number of anilines is 1. The van der Waals surface area contributed by atoms with Crippen LogP contribution >= 0.6 is 15.9 Å². The van der Waals surface area contributed by atoms with E-state index in [1.54, 1.807) is 12.5 Å². The summed E-state index contributed by atoms with van der Waals surface area (Å²) in [6, 6.07) is 0.161. The van der Waals surface area contributed by atoms with E-state index in [-0.39, 0.29) is 17.6 Å². The highest BCUT2D eigenvalue weighted by Gasteiger charge is 2.12. The van der Waals surface area contributed by atoms with Gasteiger partial charge < -0.3 is 5.32 Å². The van der Waals surface area contributed by atoms with Gasteiger partial charge in [0.2, 0.25) is 0 Å². The fraction of sp³-hybridized carbons (Fsp3) is 0.667. The molecule has 0 radical (unpaired) electrons. The molecule has 0 aromatic carbocycles. The average Bonchev–Trinajstić information content (AvgIpc) is 2.32. The molecule has 19 heavy (non-hydrogen) atoms. The van der Waals surface area contributed by atoms with Gasteiger partial charge in [-0.15, -0.1) is 0 Å². The number of hydrogen-bond acceptors (Lipinski definition) is 4. The predicted octanol–water partition coefficient (Wildman–Crippen LogP) is 2.16. The Morgan fingerprint density at radius 3 is 2.63 bits per heavy atom. The van der Waals surface area contributed by atoms with E-state index in [9.17, 15) is 9.00 Å². The van der Waals surface area contributed by atoms with E-state index in [2.05, 4.69) is 26.3 Å². The molecule has 1 heterocycles. The number of hydrogen-bond donors (Lipinski definition) is 1. The minimum atomic E-state index is -0.797. The van der Waals surface area contributed by atoms with E-state index in [1.165, 1.54) is 4.68 Å². The summed E-state index contributed by atoms with van der Waals surface area (Å²) in [6.45, 7) is 5.81. The standard InChI is InChI=1S/C12H20BrN3O2S/c1-8(2)16-12(17)11(13)10(7-14-16)15-9(3)5-6-19(4)18/h7-9,15H,5-6H2,1-4H3. The Labute approximate surface area is 124 Å². The molecular formula is C12H20BrN3O2S. The van der Waals surface area contributed by atoms with Crippen molar-refractivity contribution in [3.63, 3.8) is 0 Å². The lowest BCUT2D eigenvalue weighted by atomic mass is 10.2. The monoisotopic (exact) mass is 349 g/mol. The smallest absolute Gasteiger partial charge is 0.283 e. The molecule has 1 aromatic heterocycles. The van der Waals surface area contributed by atoms with Gasteiger partial charge in [-0.2, -0.15) is 5.10 Å². The van der Waals surface area contributed by atoms with Gasteiger partial charge in [0, 0.05) is 28.9 Å². The van der Waals surface area contributed by atoms with Gasteiger partial charge in [0.15, 0.2) is 0 Å². The van der Waals surface area contributed by atoms with Crippen molar-refractivity contribution in [1.82, 2.24) is 9.78 Å². The average molecular weight is 350 g/mol. The normalized spacial score (nSPS) is 14.4. The Morgan fingerprint density at radius 1 is 1.47 bits per heavy atom. The number of halogens is 1. The lowest BCUT2D eigenvalue weighted by Gasteiger charge is -2.17. The van der Waals surface area contributed by atoms with Gasteiger partial charge in [-0.1, -0.05) is 0 Å². The molecule has 1 N–H and O–H groups in total. The van der Waals surface area contributed by atoms with Crippen LogP contribution < -0.4 is 10.9 Å². The van der Waals surface area contributed by atoms with Crippen molar-refractivity contribution < 1.29 is 4.21 Å². The van der Waals surface area contributed by atoms with E-state index in [0.29, 0.717) is 15.9 Å². The van der Waals surface area contributed by atoms with Crippen LogP contribution in [0.3, 0.4) is 0 Å². The second kappa shape index (κ2) is 7.19. The SMILES string of the molecule is CC(CCS(C)=O)Nc1cnn(C(C)C)c(=O)c1Br. The van der Waals surface area contributed by atoms with Crippen molar-refractivity contribution in [1.29, 1.82) is 0 Å². The fourth-order valence-corrected chi connectivity index (χ4v) is 2.68. The van der Waals surface area contributed by atoms with Crippen LogP contribution in [0.15, 0.2) is 15.5 Å². The molecular weight excluding hydrogens is 330 g/mol. The Kier molecular flexibility index (Phi) is 6.19. The maximum atomic E-state index is 12.0. The maximum absolute atomic E-state index is 12.0.